The summed E-state index contributed by atoms with van der Waals surface area (Å²) in [5.74, 6) is 1.99. The predicted octanol–water partition coefficient (Wildman–Crippen LogP) is 2.47. The number of amides is 1. The number of carbonyl (C=O) groups excluding carboxylic acids is 1. The number of aromatic nitrogens is 1. The number of aryl methyl sites for hydroxylation is 1. The average molecular weight is 488 g/mol. The molecule has 11 heteroatoms. The molecule has 0 radical (unpaired) electrons. The Balaban J connectivity index is 1.83. The van der Waals surface area contributed by atoms with Gasteiger partial charge in [-0.3, -0.25) is 9.52 Å². The number of terminal acetylenes is 1. The molecule has 0 atom stereocenters. The minimum absolute atomic E-state index is 0.00795. The van der Waals surface area contributed by atoms with Crippen LogP contribution >= 0.6 is 0 Å². The number of carbonyl (C=O) groups is 1. The third kappa shape index (κ3) is 5.59. The average Bonchev–Trinajstić information content (AvgIpc) is 3.24. The lowest BCUT2D eigenvalue weighted by molar-refractivity contribution is -0.115. The summed E-state index contributed by atoms with van der Waals surface area (Å²) in [6.07, 6.45) is 5.64. The van der Waals surface area contributed by atoms with Crippen molar-refractivity contribution in [2.24, 2.45) is 0 Å². The molecule has 1 aromatic heterocycles. The number of rotatable bonds is 11. The fourth-order valence-corrected chi connectivity index (χ4v) is 4.44. The van der Waals surface area contributed by atoms with Gasteiger partial charge in [-0.05, 0) is 47.7 Å². The van der Waals surface area contributed by atoms with E-state index >= 15 is 0 Å². The van der Waals surface area contributed by atoms with Crippen molar-refractivity contribution in [3.63, 3.8) is 0 Å². The molecule has 0 bridgehead atoms. The van der Waals surface area contributed by atoms with E-state index in [1.54, 1.807) is 30.3 Å². The van der Waals surface area contributed by atoms with E-state index in [1.165, 1.54) is 14.2 Å². The summed E-state index contributed by atoms with van der Waals surface area (Å²) in [6, 6.07) is 8.33. The Bertz CT molecular complexity index is 1330. The van der Waals surface area contributed by atoms with Crippen molar-refractivity contribution < 1.29 is 31.9 Å². The lowest BCUT2D eigenvalue weighted by atomic mass is 10.1. The Hall–Kier alpha value is -3.75. The Morgan fingerprint density at radius 1 is 1.15 bits per heavy atom. The number of sulfonamides is 1. The standard InChI is InChI=1S/C23H25N3O7S/c1-5-15-7-8-17(30-3)20(13-15)34(28,29)26-23-22-18(31-4)11-16(12-19(22)33-25-23)14-32-10-9-24-21(27)6-2/h2,7-8,11-13H,5,9-10,14H2,1,3-4H3,(H,24,27)(H,25,26). The smallest absolute Gasteiger partial charge is 0.295 e. The number of benzene rings is 2. The Morgan fingerprint density at radius 3 is 2.59 bits per heavy atom. The molecule has 1 heterocycles. The van der Waals surface area contributed by atoms with Crippen molar-refractivity contribution in [2.75, 3.05) is 32.1 Å². The summed E-state index contributed by atoms with van der Waals surface area (Å²) >= 11 is 0. The maximum atomic E-state index is 13.2. The van der Waals surface area contributed by atoms with Crippen molar-refractivity contribution in [3.8, 4) is 23.8 Å². The van der Waals surface area contributed by atoms with Crippen LogP contribution in [0.5, 0.6) is 11.5 Å². The predicted molar refractivity (Wildman–Crippen MR) is 125 cm³/mol. The van der Waals surface area contributed by atoms with E-state index in [-0.39, 0.29) is 36.2 Å². The van der Waals surface area contributed by atoms with Gasteiger partial charge in [-0.1, -0.05) is 18.1 Å². The van der Waals surface area contributed by atoms with Gasteiger partial charge in [0.05, 0.1) is 27.4 Å². The number of hydrogen-bond acceptors (Lipinski definition) is 8. The van der Waals surface area contributed by atoms with Gasteiger partial charge in [0.25, 0.3) is 15.9 Å². The van der Waals surface area contributed by atoms with Gasteiger partial charge in [0.2, 0.25) is 0 Å². The normalized spacial score (nSPS) is 11.1. The number of anilines is 1. The third-order valence-corrected chi connectivity index (χ3v) is 6.27. The van der Waals surface area contributed by atoms with E-state index in [2.05, 4.69) is 15.2 Å². The van der Waals surface area contributed by atoms with Gasteiger partial charge in [-0.25, -0.2) is 8.42 Å². The van der Waals surface area contributed by atoms with Gasteiger partial charge in [-0.15, -0.1) is 6.42 Å². The molecule has 3 aromatic rings. The van der Waals surface area contributed by atoms with Crippen LogP contribution in [0.1, 0.15) is 18.1 Å². The monoisotopic (exact) mass is 487 g/mol. The first kappa shape index (κ1) is 24.9. The first-order valence-electron chi connectivity index (χ1n) is 10.3. The molecular weight excluding hydrogens is 462 g/mol. The molecule has 3 rings (SSSR count). The van der Waals surface area contributed by atoms with Crippen molar-refractivity contribution >= 4 is 32.7 Å². The first-order valence-corrected chi connectivity index (χ1v) is 11.8. The molecular formula is C23H25N3O7S. The quantitative estimate of drug-likeness (QED) is 0.312. The summed E-state index contributed by atoms with van der Waals surface area (Å²) in [7, 11) is -1.19. The van der Waals surface area contributed by atoms with Gasteiger partial charge < -0.3 is 24.1 Å². The zero-order valence-electron chi connectivity index (χ0n) is 19.0. The highest BCUT2D eigenvalue weighted by molar-refractivity contribution is 7.92. The molecule has 0 aliphatic rings. The van der Waals surface area contributed by atoms with Crippen molar-refractivity contribution in [1.29, 1.82) is 0 Å². The molecule has 1 amide bonds. The SMILES string of the molecule is C#CC(=O)NCCOCc1cc(OC)c2c(NS(=O)(=O)c3cc(CC)ccc3OC)noc2c1. The van der Waals surface area contributed by atoms with Gasteiger partial charge >= 0.3 is 0 Å². The van der Waals surface area contributed by atoms with E-state index in [0.29, 0.717) is 28.7 Å². The lowest BCUT2D eigenvalue weighted by Crippen LogP contribution is -2.25. The third-order valence-electron chi connectivity index (χ3n) is 4.91. The van der Waals surface area contributed by atoms with Crippen LogP contribution < -0.4 is 19.5 Å². The molecule has 0 spiro atoms. The van der Waals surface area contributed by atoms with Crippen molar-refractivity contribution in [3.05, 3.63) is 41.5 Å². The fraction of sp³-hybridized carbons (Fsp3) is 0.304. The molecule has 0 unspecified atom stereocenters. The molecule has 0 saturated heterocycles. The number of methoxy groups -OCH3 is 2. The van der Waals surface area contributed by atoms with Crippen LogP contribution in [-0.4, -0.2) is 46.9 Å². The van der Waals surface area contributed by atoms with Crippen LogP contribution in [0, 0.1) is 12.3 Å². The van der Waals surface area contributed by atoms with Crippen LogP contribution in [0.2, 0.25) is 0 Å². The Labute approximate surface area is 197 Å². The maximum Gasteiger partial charge on any atom is 0.295 e. The number of fused-ring (bicyclic) bond motifs is 1. The van der Waals surface area contributed by atoms with Crippen LogP contribution in [0.4, 0.5) is 5.82 Å². The van der Waals surface area contributed by atoms with Crippen LogP contribution in [0.25, 0.3) is 11.0 Å². The van der Waals surface area contributed by atoms with Gasteiger partial charge in [-0.2, -0.15) is 0 Å². The zero-order chi connectivity index (χ0) is 24.7. The molecule has 0 saturated carbocycles. The van der Waals surface area contributed by atoms with E-state index in [1.807, 2.05) is 12.8 Å². The number of nitrogens with one attached hydrogen (secondary N) is 2. The van der Waals surface area contributed by atoms with Crippen LogP contribution in [-0.2, 0) is 32.6 Å². The summed E-state index contributed by atoms with van der Waals surface area (Å²) < 4.78 is 50.4. The molecule has 2 N–H and O–H groups in total. The second-order valence-electron chi connectivity index (χ2n) is 7.10. The first-order chi connectivity index (χ1) is 16.3. The lowest BCUT2D eigenvalue weighted by Gasteiger charge is -2.12. The molecule has 34 heavy (non-hydrogen) atoms. The zero-order valence-corrected chi connectivity index (χ0v) is 19.8. The van der Waals surface area contributed by atoms with Crippen LogP contribution in [0.3, 0.4) is 0 Å². The molecule has 180 valence electrons. The van der Waals surface area contributed by atoms with E-state index in [0.717, 1.165) is 5.56 Å². The second-order valence-corrected chi connectivity index (χ2v) is 8.75. The van der Waals surface area contributed by atoms with Gasteiger partial charge in [0.1, 0.15) is 21.8 Å². The number of hydrogen-bond donors (Lipinski definition) is 2. The largest absolute Gasteiger partial charge is 0.496 e. The van der Waals surface area contributed by atoms with E-state index in [9.17, 15) is 13.2 Å². The second kappa shape index (κ2) is 10.9. The minimum Gasteiger partial charge on any atom is -0.496 e. The highest BCUT2D eigenvalue weighted by Crippen LogP contribution is 2.36. The highest BCUT2D eigenvalue weighted by atomic mass is 32.2. The van der Waals surface area contributed by atoms with Crippen molar-refractivity contribution in [1.82, 2.24) is 10.5 Å². The summed E-state index contributed by atoms with van der Waals surface area (Å²) in [6.45, 7) is 2.63. The van der Waals surface area contributed by atoms with Crippen LogP contribution in [0.15, 0.2) is 39.8 Å². The summed E-state index contributed by atoms with van der Waals surface area (Å²) in [4.78, 5) is 11.0. The maximum absolute atomic E-state index is 13.2. The molecule has 10 nitrogen and oxygen atoms in total. The summed E-state index contributed by atoms with van der Waals surface area (Å²) in [5.41, 5.74) is 1.85. The molecule has 2 aromatic carbocycles. The molecule has 0 aliphatic heterocycles. The van der Waals surface area contributed by atoms with E-state index < -0.39 is 15.9 Å². The molecule has 0 fully saturated rings. The summed E-state index contributed by atoms with van der Waals surface area (Å²) in [5, 5.41) is 6.76. The van der Waals surface area contributed by atoms with Gasteiger partial charge in [0.15, 0.2) is 11.4 Å². The van der Waals surface area contributed by atoms with Crippen molar-refractivity contribution in [2.45, 2.75) is 24.8 Å². The Kier molecular flexibility index (Phi) is 7.99. The highest BCUT2D eigenvalue weighted by Gasteiger charge is 2.25. The molecule has 0 aliphatic carbocycles. The number of nitrogens with zero attached hydrogens (tertiary/aromatic N) is 1. The Morgan fingerprint density at radius 2 is 1.91 bits per heavy atom. The van der Waals surface area contributed by atoms with E-state index in [4.69, 9.17) is 25.2 Å². The topological polar surface area (TPSA) is 129 Å². The number of ether oxygens (including phenoxy) is 3. The minimum atomic E-state index is -4.04. The fourth-order valence-electron chi connectivity index (χ4n) is 3.22. The van der Waals surface area contributed by atoms with Gasteiger partial charge in [0, 0.05) is 6.54 Å².